The first-order valence-corrected chi connectivity index (χ1v) is 29.6. The lowest BCUT2D eigenvalue weighted by atomic mass is 10.1. The molecule has 0 aromatic carbocycles. The van der Waals surface area contributed by atoms with Gasteiger partial charge < -0.3 is 14.2 Å². The fourth-order valence-electron chi connectivity index (χ4n) is 6.95. The number of ether oxygens (including phenoxy) is 3. The summed E-state index contributed by atoms with van der Waals surface area (Å²) in [4.78, 5) is 38.1. The third-order valence-corrected chi connectivity index (χ3v) is 11.3. The molecule has 0 N–H and O–H groups in total. The Bertz CT molecular complexity index is 1930. The number of allylic oxidation sites excluding steroid dienone is 34. The second kappa shape index (κ2) is 62.5. The predicted molar refractivity (Wildman–Crippen MR) is 333 cm³/mol. The fourth-order valence-corrected chi connectivity index (χ4v) is 6.95. The average Bonchev–Trinajstić information content (AvgIpc) is 3.43. The molecule has 424 valence electrons. The van der Waals surface area contributed by atoms with Crippen LogP contribution >= 0.6 is 0 Å². The lowest BCUT2D eigenvalue weighted by Crippen LogP contribution is -2.30. The van der Waals surface area contributed by atoms with Gasteiger partial charge in [-0.3, -0.25) is 14.4 Å². The Labute approximate surface area is 470 Å². The minimum atomic E-state index is -0.854. The van der Waals surface area contributed by atoms with Gasteiger partial charge in [-0.1, -0.05) is 227 Å². The Hall–Kier alpha value is -6.01. The van der Waals surface area contributed by atoms with Gasteiger partial charge in [0.1, 0.15) is 13.2 Å². The zero-order chi connectivity index (χ0) is 55.7. The van der Waals surface area contributed by atoms with Gasteiger partial charge in [-0.25, -0.2) is 0 Å². The third kappa shape index (κ3) is 60.7. The van der Waals surface area contributed by atoms with E-state index in [0.29, 0.717) is 19.3 Å². The fraction of sp³-hybridized carbons (Fsp3) is 0.479. The Morgan fingerprint density at radius 1 is 0.260 bits per heavy atom. The molecular weight excluding hydrogens is 949 g/mol. The van der Waals surface area contributed by atoms with Gasteiger partial charge >= 0.3 is 17.9 Å². The number of unbranched alkanes of at least 4 members (excludes halogenated alkanes) is 5. The molecule has 1 unspecified atom stereocenters. The van der Waals surface area contributed by atoms with Gasteiger partial charge in [0.05, 0.1) is 0 Å². The Morgan fingerprint density at radius 3 is 0.727 bits per heavy atom. The van der Waals surface area contributed by atoms with Crippen LogP contribution in [0.2, 0.25) is 0 Å². The molecule has 0 aromatic rings. The van der Waals surface area contributed by atoms with Crippen molar-refractivity contribution in [2.24, 2.45) is 0 Å². The Kier molecular flexibility index (Phi) is 57.6. The van der Waals surface area contributed by atoms with Crippen molar-refractivity contribution in [1.29, 1.82) is 0 Å². The van der Waals surface area contributed by atoms with Gasteiger partial charge in [-0.05, 0) is 161 Å². The molecule has 0 aromatic heterocycles. The summed E-state index contributed by atoms with van der Waals surface area (Å²) >= 11 is 0. The van der Waals surface area contributed by atoms with Crippen LogP contribution in [0.4, 0.5) is 0 Å². The van der Waals surface area contributed by atoms with Gasteiger partial charge in [-0.15, -0.1) is 0 Å². The quantitative estimate of drug-likeness (QED) is 0.0261. The van der Waals surface area contributed by atoms with E-state index in [1.807, 2.05) is 0 Å². The summed E-state index contributed by atoms with van der Waals surface area (Å²) < 4.78 is 16.7. The molecule has 0 fully saturated rings. The molecule has 0 aliphatic heterocycles. The van der Waals surface area contributed by atoms with E-state index in [1.165, 1.54) is 0 Å². The summed E-state index contributed by atoms with van der Waals surface area (Å²) in [6.45, 7) is 6.14. The summed E-state index contributed by atoms with van der Waals surface area (Å²) in [6, 6.07) is 0. The van der Waals surface area contributed by atoms with Crippen molar-refractivity contribution in [3.63, 3.8) is 0 Å². The van der Waals surface area contributed by atoms with E-state index < -0.39 is 6.10 Å². The Balaban J connectivity index is 4.57. The molecule has 0 aliphatic rings. The molecule has 6 nitrogen and oxygen atoms in total. The molecule has 0 spiro atoms. The van der Waals surface area contributed by atoms with Crippen LogP contribution in [0.15, 0.2) is 207 Å². The maximum atomic E-state index is 12.8. The number of hydrogen-bond donors (Lipinski definition) is 0. The largest absolute Gasteiger partial charge is 0.462 e. The van der Waals surface area contributed by atoms with Crippen molar-refractivity contribution in [2.75, 3.05) is 13.2 Å². The molecule has 0 saturated heterocycles. The second-order valence-electron chi connectivity index (χ2n) is 18.4. The van der Waals surface area contributed by atoms with Crippen LogP contribution in [0.25, 0.3) is 0 Å². The van der Waals surface area contributed by atoms with Crippen molar-refractivity contribution in [3.8, 4) is 0 Å². The van der Waals surface area contributed by atoms with Crippen LogP contribution in [0.1, 0.15) is 201 Å². The maximum absolute atomic E-state index is 12.8. The van der Waals surface area contributed by atoms with Gasteiger partial charge in [0.25, 0.3) is 0 Å². The predicted octanol–water partition coefficient (Wildman–Crippen LogP) is 20.4. The van der Waals surface area contributed by atoms with E-state index in [4.69, 9.17) is 14.2 Å². The molecule has 77 heavy (non-hydrogen) atoms. The van der Waals surface area contributed by atoms with Crippen molar-refractivity contribution >= 4 is 17.9 Å². The SMILES string of the molecule is CC/C=C\C/C=C\C/C=C\C/C=C\C/C=C\C/C=C\C/C=C\C/C=C\C/C=C\CCCC(=O)OCC(COC(=O)CCCC/C=C\C/C=C\C/C=C\C/C=C\CC)OC(=O)CCCC/C=C\C/C=C\C/C=C\C/C=C\CC. The van der Waals surface area contributed by atoms with Gasteiger partial charge in [0.15, 0.2) is 6.10 Å². The highest BCUT2D eigenvalue weighted by Crippen LogP contribution is 2.10. The molecular formula is C71H104O6. The molecule has 0 rings (SSSR count). The molecule has 0 amide bonds. The molecule has 0 bridgehead atoms. The molecule has 1 atom stereocenters. The van der Waals surface area contributed by atoms with E-state index in [-0.39, 0.29) is 50.4 Å². The monoisotopic (exact) mass is 1050 g/mol. The number of rotatable bonds is 50. The van der Waals surface area contributed by atoms with Crippen LogP contribution in [0, 0.1) is 0 Å². The average molecular weight is 1050 g/mol. The van der Waals surface area contributed by atoms with Gasteiger partial charge in [0.2, 0.25) is 0 Å². The van der Waals surface area contributed by atoms with Crippen LogP contribution in [-0.2, 0) is 28.6 Å². The van der Waals surface area contributed by atoms with Crippen molar-refractivity contribution in [1.82, 2.24) is 0 Å². The topological polar surface area (TPSA) is 78.9 Å². The molecule has 6 heteroatoms. The molecule has 0 radical (unpaired) electrons. The number of carbonyl (C=O) groups excluding carboxylic acids is 3. The lowest BCUT2D eigenvalue weighted by Gasteiger charge is -2.18. The molecule has 0 aliphatic carbocycles. The Morgan fingerprint density at radius 2 is 0.468 bits per heavy atom. The highest BCUT2D eigenvalue weighted by Gasteiger charge is 2.19. The number of hydrogen-bond acceptors (Lipinski definition) is 6. The minimum absolute atomic E-state index is 0.147. The first-order chi connectivity index (χ1) is 38.0. The normalized spacial score (nSPS) is 13.6. The summed E-state index contributed by atoms with van der Waals surface area (Å²) in [7, 11) is 0. The molecule has 0 heterocycles. The zero-order valence-corrected chi connectivity index (χ0v) is 48.4. The van der Waals surface area contributed by atoms with E-state index in [2.05, 4.69) is 227 Å². The van der Waals surface area contributed by atoms with E-state index >= 15 is 0 Å². The minimum Gasteiger partial charge on any atom is -0.462 e. The highest BCUT2D eigenvalue weighted by molar-refractivity contribution is 5.71. The summed E-state index contributed by atoms with van der Waals surface area (Å²) in [5, 5.41) is 0. The van der Waals surface area contributed by atoms with Crippen molar-refractivity contribution in [3.05, 3.63) is 207 Å². The van der Waals surface area contributed by atoms with Crippen LogP contribution in [0.5, 0.6) is 0 Å². The standard InChI is InChI=1S/C71H104O6/c1-4-7-10-13-16-19-22-25-28-29-30-31-32-33-34-35-36-37-38-39-40-41-44-46-49-52-55-58-61-64-70(73)76-67-68(77-71(74)65-62-59-56-53-50-47-43-27-24-21-18-15-12-9-6-3)66-75-69(72)63-60-57-54-51-48-45-42-26-23-20-17-14-11-8-5-2/h7-12,16-21,25-28,30-31,33-34,36-37,39-40,42-44,46,48,50-53,55,68H,4-6,13-15,22-24,29,32,35,38,41,45,47,49,54,56-67H2,1-3H3/b10-7-,11-8-,12-9-,19-16-,20-17-,21-18-,28-25-,31-30-,34-33-,37-36-,40-39-,42-26-,43-27-,46-44-,51-48-,53-50-,55-52-. The first-order valence-electron chi connectivity index (χ1n) is 29.6. The van der Waals surface area contributed by atoms with Crippen LogP contribution in [0.3, 0.4) is 0 Å². The van der Waals surface area contributed by atoms with E-state index in [1.54, 1.807) is 0 Å². The van der Waals surface area contributed by atoms with Gasteiger partial charge in [0, 0.05) is 19.3 Å². The van der Waals surface area contributed by atoms with E-state index in [0.717, 1.165) is 141 Å². The van der Waals surface area contributed by atoms with Gasteiger partial charge in [-0.2, -0.15) is 0 Å². The zero-order valence-electron chi connectivity index (χ0n) is 48.4. The van der Waals surface area contributed by atoms with Crippen molar-refractivity contribution < 1.29 is 28.6 Å². The third-order valence-electron chi connectivity index (χ3n) is 11.3. The smallest absolute Gasteiger partial charge is 0.306 e. The van der Waals surface area contributed by atoms with Crippen LogP contribution < -0.4 is 0 Å². The van der Waals surface area contributed by atoms with E-state index in [9.17, 15) is 14.4 Å². The molecule has 0 saturated carbocycles. The van der Waals surface area contributed by atoms with Crippen LogP contribution in [-0.4, -0.2) is 37.2 Å². The summed E-state index contributed by atoms with van der Waals surface area (Å²) in [6.07, 6.45) is 96.9. The van der Waals surface area contributed by atoms with Crippen molar-refractivity contribution in [2.45, 2.75) is 207 Å². The highest BCUT2D eigenvalue weighted by atomic mass is 16.6. The summed E-state index contributed by atoms with van der Waals surface area (Å²) in [5.74, 6) is -1.10. The number of carbonyl (C=O) groups is 3. The lowest BCUT2D eigenvalue weighted by molar-refractivity contribution is -0.167. The summed E-state index contributed by atoms with van der Waals surface area (Å²) in [5.41, 5.74) is 0. The second-order valence-corrected chi connectivity index (χ2v) is 18.4. The maximum Gasteiger partial charge on any atom is 0.306 e. The number of esters is 3. The first kappa shape index (κ1) is 71.0.